The van der Waals surface area contributed by atoms with Crippen molar-refractivity contribution in [3.8, 4) is 0 Å². The van der Waals surface area contributed by atoms with Crippen molar-refractivity contribution >= 4 is 45.5 Å². The molecular weight excluding hydrogens is 608 g/mol. The average molecular weight is 651 g/mol. The molecule has 250 valence electrons. The van der Waals surface area contributed by atoms with Crippen LogP contribution in [0.4, 0.5) is 0 Å². The van der Waals surface area contributed by atoms with Crippen LogP contribution in [0.25, 0.3) is 21.8 Å². The fourth-order valence-corrected chi connectivity index (χ4v) is 5.94. The van der Waals surface area contributed by atoms with Crippen LogP contribution in [-0.4, -0.2) is 62.9 Å². The van der Waals surface area contributed by atoms with Crippen molar-refractivity contribution < 1.29 is 24.3 Å². The van der Waals surface area contributed by atoms with Crippen LogP contribution in [0.5, 0.6) is 0 Å². The van der Waals surface area contributed by atoms with Crippen LogP contribution in [0, 0.1) is 5.92 Å². The van der Waals surface area contributed by atoms with E-state index in [1.54, 1.807) is 6.20 Å². The van der Waals surface area contributed by atoms with Gasteiger partial charge in [0.25, 0.3) is 0 Å². The molecule has 0 bridgehead atoms. The van der Waals surface area contributed by atoms with E-state index in [9.17, 15) is 24.3 Å². The number of rotatable bonds is 15. The Morgan fingerprint density at radius 1 is 0.646 bits per heavy atom. The van der Waals surface area contributed by atoms with Crippen LogP contribution in [0.15, 0.2) is 91.3 Å². The van der Waals surface area contributed by atoms with E-state index in [0.29, 0.717) is 0 Å². The number of amides is 3. The number of carboxylic acid groups (broad SMARTS) is 1. The molecule has 0 aliphatic carbocycles. The molecule has 0 spiro atoms. The summed E-state index contributed by atoms with van der Waals surface area (Å²) in [6, 6.07) is 20.2. The molecule has 5 rings (SSSR count). The van der Waals surface area contributed by atoms with Gasteiger partial charge in [-0.2, -0.15) is 0 Å². The van der Waals surface area contributed by atoms with Crippen molar-refractivity contribution in [1.29, 1.82) is 0 Å². The predicted molar refractivity (Wildman–Crippen MR) is 185 cm³/mol. The number of aromatic nitrogens is 2. The van der Waals surface area contributed by atoms with Crippen molar-refractivity contribution in [1.82, 2.24) is 25.9 Å². The Labute approximate surface area is 278 Å². The monoisotopic (exact) mass is 650 g/mol. The SMILES string of the molecule is CC(C)CC(NC(=O)C(Cc1c[nH]c2ccccc12)NC(=O)C(Cc1ccccc1)NC(=O)C(N)Cc1c[nH]c2ccccc12)C(=O)O. The number of carbonyl (C=O) groups is 4. The standard InChI is InChI=1S/C37H42N6O5/c1-22(2)16-33(37(47)48)43-36(46)32(19-25-21-40-30-15-9-7-13-27(25)30)42-35(45)31(17-23-10-4-3-5-11-23)41-34(44)28(38)18-24-20-39-29-14-8-6-12-26(24)29/h3-15,20-22,28,31-33,39-40H,16-19,38H2,1-2H3,(H,41,44)(H,42,45)(H,43,46)(H,47,48). The summed E-state index contributed by atoms with van der Waals surface area (Å²) in [5.41, 5.74) is 10.6. The third-order valence-electron chi connectivity index (χ3n) is 8.42. The Kier molecular flexibility index (Phi) is 10.9. The maximum atomic E-state index is 14.0. The zero-order valence-corrected chi connectivity index (χ0v) is 27.0. The quantitative estimate of drug-likeness (QED) is 0.0909. The number of hydrogen-bond donors (Lipinski definition) is 7. The zero-order chi connectivity index (χ0) is 34.2. The number of H-pyrrole nitrogens is 2. The number of para-hydroxylation sites is 2. The highest BCUT2D eigenvalue weighted by atomic mass is 16.4. The third-order valence-corrected chi connectivity index (χ3v) is 8.42. The summed E-state index contributed by atoms with van der Waals surface area (Å²) < 4.78 is 0. The molecule has 0 saturated carbocycles. The number of fused-ring (bicyclic) bond motifs is 2. The zero-order valence-electron chi connectivity index (χ0n) is 27.0. The molecule has 4 unspecified atom stereocenters. The first-order valence-electron chi connectivity index (χ1n) is 16.1. The van der Waals surface area contributed by atoms with Crippen LogP contribution in [0.1, 0.15) is 37.0 Å². The summed E-state index contributed by atoms with van der Waals surface area (Å²) in [6.07, 6.45) is 4.28. The second-order valence-corrected chi connectivity index (χ2v) is 12.6. The summed E-state index contributed by atoms with van der Waals surface area (Å²) in [5.74, 6) is -2.90. The first-order valence-corrected chi connectivity index (χ1v) is 16.1. The number of carbonyl (C=O) groups excluding carboxylic acids is 3. The smallest absolute Gasteiger partial charge is 0.326 e. The van der Waals surface area contributed by atoms with Gasteiger partial charge >= 0.3 is 5.97 Å². The molecule has 48 heavy (non-hydrogen) atoms. The summed E-state index contributed by atoms with van der Waals surface area (Å²) in [4.78, 5) is 59.6. The highest BCUT2D eigenvalue weighted by Gasteiger charge is 2.31. The number of benzene rings is 3. The lowest BCUT2D eigenvalue weighted by atomic mass is 10.00. The van der Waals surface area contributed by atoms with Crippen LogP contribution in [0.2, 0.25) is 0 Å². The second kappa shape index (κ2) is 15.4. The summed E-state index contributed by atoms with van der Waals surface area (Å²) in [5, 5.41) is 19.9. The molecule has 0 aliphatic heterocycles. The van der Waals surface area contributed by atoms with E-state index in [2.05, 4.69) is 25.9 Å². The molecular formula is C37H42N6O5. The van der Waals surface area contributed by atoms with Gasteiger partial charge in [0.15, 0.2) is 0 Å². The van der Waals surface area contributed by atoms with Gasteiger partial charge in [-0.1, -0.05) is 80.6 Å². The van der Waals surface area contributed by atoms with Gasteiger partial charge in [-0.05, 0) is 47.6 Å². The molecule has 0 saturated heterocycles. The maximum absolute atomic E-state index is 14.0. The van der Waals surface area contributed by atoms with Crippen molar-refractivity contribution in [3.05, 3.63) is 108 Å². The van der Waals surface area contributed by atoms with Crippen molar-refractivity contribution in [2.45, 2.75) is 63.7 Å². The van der Waals surface area contributed by atoms with Gasteiger partial charge in [-0.25, -0.2) is 4.79 Å². The first-order chi connectivity index (χ1) is 23.1. The van der Waals surface area contributed by atoms with E-state index in [1.165, 1.54) is 0 Å². The number of aliphatic carboxylic acids is 1. The summed E-state index contributed by atoms with van der Waals surface area (Å²) in [6.45, 7) is 3.74. The van der Waals surface area contributed by atoms with Gasteiger partial charge in [0, 0.05) is 47.0 Å². The van der Waals surface area contributed by atoms with E-state index in [1.807, 2.05) is 98.9 Å². The van der Waals surface area contributed by atoms with Gasteiger partial charge in [-0.3, -0.25) is 14.4 Å². The molecule has 0 aliphatic rings. The Morgan fingerprint density at radius 2 is 1.12 bits per heavy atom. The number of aromatic amines is 2. The number of nitrogens with two attached hydrogens (primary N) is 1. The van der Waals surface area contributed by atoms with Crippen LogP contribution < -0.4 is 21.7 Å². The van der Waals surface area contributed by atoms with Gasteiger partial charge in [0.05, 0.1) is 6.04 Å². The Balaban J connectivity index is 1.38. The average Bonchev–Trinajstić information content (AvgIpc) is 3.67. The number of hydrogen-bond acceptors (Lipinski definition) is 5. The molecule has 3 aromatic carbocycles. The second-order valence-electron chi connectivity index (χ2n) is 12.6. The lowest BCUT2D eigenvalue weighted by Gasteiger charge is -2.26. The molecule has 8 N–H and O–H groups in total. The van der Waals surface area contributed by atoms with E-state index >= 15 is 0 Å². The molecule has 3 amide bonds. The predicted octanol–water partition coefficient (Wildman–Crippen LogP) is 3.59. The van der Waals surface area contributed by atoms with E-state index in [4.69, 9.17) is 5.73 Å². The van der Waals surface area contributed by atoms with Crippen molar-refractivity contribution in [3.63, 3.8) is 0 Å². The molecule has 0 radical (unpaired) electrons. The lowest BCUT2D eigenvalue weighted by molar-refractivity contribution is -0.142. The van der Waals surface area contributed by atoms with E-state index < -0.39 is 47.9 Å². The number of nitrogens with one attached hydrogen (secondary N) is 5. The molecule has 4 atom stereocenters. The highest BCUT2D eigenvalue weighted by molar-refractivity contribution is 5.95. The first kappa shape index (κ1) is 33.9. The van der Waals surface area contributed by atoms with E-state index in [-0.39, 0.29) is 31.6 Å². The molecule has 11 heteroatoms. The van der Waals surface area contributed by atoms with E-state index in [0.717, 1.165) is 38.5 Å². The highest BCUT2D eigenvalue weighted by Crippen LogP contribution is 2.21. The Hall–Kier alpha value is -5.42. The van der Waals surface area contributed by atoms with Gasteiger partial charge in [0.1, 0.15) is 18.1 Å². The minimum Gasteiger partial charge on any atom is -0.480 e. The van der Waals surface area contributed by atoms with Crippen LogP contribution in [-0.2, 0) is 38.4 Å². The molecule has 2 aromatic heterocycles. The van der Waals surface area contributed by atoms with Gasteiger partial charge in [0.2, 0.25) is 17.7 Å². The fourth-order valence-electron chi connectivity index (χ4n) is 5.94. The summed E-state index contributed by atoms with van der Waals surface area (Å²) in [7, 11) is 0. The van der Waals surface area contributed by atoms with Crippen molar-refractivity contribution in [2.24, 2.45) is 11.7 Å². The minimum atomic E-state index is -1.16. The molecule has 0 fully saturated rings. The van der Waals surface area contributed by atoms with Crippen LogP contribution >= 0.6 is 0 Å². The lowest BCUT2D eigenvalue weighted by Crippen LogP contribution is -2.58. The van der Waals surface area contributed by atoms with Gasteiger partial charge < -0.3 is 36.8 Å². The molecule has 5 aromatic rings. The fraction of sp³-hybridized carbons (Fsp3) is 0.297. The normalized spacial score (nSPS) is 13.9. The minimum absolute atomic E-state index is 0.00647. The summed E-state index contributed by atoms with van der Waals surface area (Å²) >= 11 is 0. The Bertz CT molecular complexity index is 1880. The third kappa shape index (κ3) is 8.48. The Morgan fingerprint density at radius 3 is 1.69 bits per heavy atom. The maximum Gasteiger partial charge on any atom is 0.326 e. The number of carboxylic acids is 1. The topological polar surface area (TPSA) is 182 Å². The van der Waals surface area contributed by atoms with Crippen molar-refractivity contribution in [2.75, 3.05) is 0 Å². The molecule has 2 heterocycles. The van der Waals surface area contributed by atoms with Gasteiger partial charge in [-0.15, -0.1) is 0 Å². The molecule has 11 nitrogen and oxygen atoms in total. The van der Waals surface area contributed by atoms with Crippen LogP contribution in [0.3, 0.4) is 0 Å². The largest absolute Gasteiger partial charge is 0.480 e.